The van der Waals surface area contributed by atoms with Gasteiger partial charge in [0.15, 0.2) is 0 Å². The van der Waals surface area contributed by atoms with Crippen LogP contribution in [0.3, 0.4) is 0 Å². The van der Waals surface area contributed by atoms with Crippen LogP contribution in [0, 0.1) is 0 Å². The summed E-state index contributed by atoms with van der Waals surface area (Å²) in [5, 5.41) is 0. The quantitative estimate of drug-likeness (QED) is 0.772. The van der Waals surface area contributed by atoms with Crippen molar-refractivity contribution in [3.05, 3.63) is 0 Å². The van der Waals surface area contributed by atoms with Crippen LogP contribution in [0.5, 0.6) is 0 Å². The zero-order valence-electron chi connectivity index (χ0n) is 11.2. The summed E-state index contributed by atoms with van der Waals surface area (Å²) in [6.07, 6.45) is 7.48. The Kier molecular flexibility index (Phi) is 2.70. The summed E-state index contributed by atoms with van der Waals surface area (Å²) in [4.78, 5) is 5.40. The minimum atomic E-state index is 0.265. The number of nitrogens with zero attached hydrogens (tertiary/aromatic N) is 2. The average Bonchev–Trinajstić information content (AvgIpc) is 3.05. The Morgan fingerprint density at radius 1 is 1.11 bits per heavy atom. The zero-order valence-corrected chi connectivity index (χ0v) is 11.2. The van der Waals surface area contributed by atoms with Gasteiger partial charge in [-0.3, -0.25) is 9.80 Å². The van der Waals surface area contributed by atoms with Gasteiger partial charge in [0, 0.05) is 32.2 Å². The Bertz CT molecular complexity index is 325. The first-order valence-corrected chi connectivity index (χ1v) is 7.66. The van der Waals surface area contributed by atoms with Gasteiger partial charge >= 0.3 is 0 Å². The molecule has 0 saturated carbocycles. The van der Waals surface area contributed by atoms with Crippen LogP contribution in [0.15, 0.2) is 0 Å². The number of rotatable bonds is 2. The lowest BCUT2D eigenvalue weighted by atomic mass is 9.86. The van der Waals surface area contributed by atoms with E-state index in [-0.39, 0.29) is 5.54 Å². The molecule has 2 bridgehead atoms. The highest BCUT2D eigenvalue weighted by molar-refractivity contribution is 5.11. The van der Waals surface area contributed by atoms with E-state index in [0.717, 1.165) is 25.7 Å². The standard InChI is InChI=1S/C14H25N3O/c15-10-14(5-7-16-6-1-2-13(14)16)17-8-11-3-4-12(9-17)18-11/h11-13H,1-10,15H2. The van der Waals surface area contributed by atoms with Crippen molar-refractivity contribution in [3.8, 4) is 0 Å². The predicted molar refractivity (Wildman–Crippen MR) is 70.5 cm³/mol. The molecular weight excluding hydrogens is 226 g/mol. The normalized spacial score (nSPS) is 48.8. The number of fused-ring (bicyclic) bond motifs is 3. The van der Waals surface area contributed by atoms with Crippen LogP contribution in [0.1, 0.15) is 32.1 Å². The second kappa shape index (κ2) is 4.17. The van der Waals surface area contributed by atoms with Crippen molar-refractivity contribution in [2.75, 3.05) is 32.7 Å². The Morgan fingerprint density at radius 3 is 2.61 bits per heavy atom. The summed E-state index contributed by atoms with van der Waals surface area (Å²) in [6, 6.07) is 0.722. The topological polar surface area (TPSA) is 41.7 Å². The van der Waals surface area contributed by atoms with Gasteiger partial charge in [-0.1, -0.05) is 0 Å². The molecule has 0 aliphatic carbocycles. The van der Waals surface area contributed by atoms with Gasteiger partial charge in [0.1, 0.15) is 0 Å². The van der Waals surface area contributed by atoms with E-state index in [1.54, 1.807) is 0 Å². The third-order valence-electron chi connectivity index (χ3n) is 5.84. The van der Waals surface area contributed by atoms with Crippen LogP contribution in [-0.2, 0) is 4.74 Å². The molecule has 0 radical (unpaired) electrons. The maximum absolute atomic E-state index is 6.26. The molecule has 4 atom stereocenters. The molecule has 4 rings (SSSR count). The van der Waals surface area contributed by atoms with E-state index >= 15 is 0 Å². The molecule has 4 aliphatic heterocycles. The molecule has 0 spiro atoms. The molecule has 4 nitrogen and oxygen atoms in total. The minimum Gasteiger partial charge on any atom is -0.372 e. The second-order valence-electron chi connectivity index (χ2n) is 6.61. The second-order valence-corrected chi connectivity index (χ2v) is 6.61. The molecule has 4 heteroatoms. The molecule has 0 aromatic carbocycles. The van der Waals surface area contributed by atoms with Gasteiger partial charge in [0.05, 0.1) is 17.7 Å². The SMILES string of the molecule is NCC1(N2CC3CCC(C2)O3)CCN2CCCC21. The smallest absolute Gasteiger partial charge is 0.0707 e. The van der Waals surface area contributed by atoms with E-state index in [1.165, 1.54) is 45.2 Å². The zero-order chi connectivity index (χ0) is 12.2. The molecule has 2 N–H and O–H groups in total. The lowest BCUT2D eigenvalue weighted by molar-refractivity contribution is -0.0823. The maximum Gasteiger partial charge on any atom is 0.0707 e. The first kappa shape index (κ1) is 11.6. The van der Waals surface area contributed by atoms with Gasteiger partial charge in [-0.15, -0.1) is 0 Å². The highest BCUT2D eigenvalue weighted by Gasteiger charge is 2.53. The Morgan fingerprint density at radius 2 is 1.89 bits per heavy atom. The van der Waals surface area contributed by atoms with E-state index in [2.05, 4.69) is 9.80 Å². The van der Waals surface area contributed by atoms with Crippen LogP contribution >= 0.6 is 0 Å². The Hall–Kier alpha value is -0.160. The highest BCUT2D eigenvalue weighted by Crippen LogP contribution is 2.42. The molecule has 4 unspecified atom stereocenters. The molecule has 0 amide bonds. The summed E-state index contributed by atoms with van der Waals surface area (Å²) >= 11 is 0. The van der Waals surface area contributed by atoms with Crippen molar-refractivity contribution in [1.29, 1.82) is 0 Å². The van der Waals surface area contributed by atoms with Gasteiger partial charge in [-0.25, -0.2) is 0 Å². The molecule has 4 fully saturated rings. The van der Waals surface area contributed by atoms with Crippen LogP contribution < -0.4 is 5.73 Å². The molecule has 0 aromatic rings. The number of morpholine rings is 1. The summed E-state index contributed by atoms with van der Waals surface area (Å²) in [6.45, 7) is 5.63. The number of likely N-dealkylation sites (tertiary alicyclic amines) is 1. The third-order valence-corrected chi connectivity index (χ3v) is 5.84. The Labute approximate surface area is 109 Å². The summed E-state index contributed by atoms with van der Waals surface area (Å²) in [7, 11) is 0. The summed E-state index contributed by atoms with van der Waals surface area (Å²) in [5.41, 5.74) is 6.52. The summed E-state index contributed by atoms with van der Waals surface area (Å²) < 4.78 is 5.99. The van der Waals surface area contributed by atoms with Crippen LogP contribution in [0.25, 0.3) is 0 Å². The Balaban J connectivity index is 1.60. The monoisotopic (exact) mass is 251 g/mol. The van der Waals surface area contributed by atoms with E-state index in [0.29, 0.717) is 12.2 Å². The minimum absolute atomic E-state index is 0.265. The van der Waals surface area contributed by atoms with Gasteiger partial charge in [-0.05, 0) is 38.6 Å². The van der Waals surface area contributed by atoms with Crippen LogP contribution in [-0.4, -0.2) is 66.3 Å². The van der Waals surface area contributed by atoms with Crippen molar-refractivity contribution >= 4 is 0 Å². The highest BCUT2D eigenvalue weighted by atomic mass is 16.5. The van der Waals surface area contributed by atoms with Gasteiger partial charge in [0.2, 0.25) is 0 Å². The third kappa shape index (κ3) is 1.52. The summed E-state index contributed by atoms with van der Waals surface area (Å²) in [5.74, 6) is 0. The van der Waals surface area contributed by atoms with Gasteiger partial charge in [-0.2, -0.15) is 0 Å². The van der Waals surface area contributed by atoms with Crippen LogP contribution in [0.4, 0.5) is 0 Å². The molecule has 18 heavy (non-hydrogen) atoms. The van der Waals surface area contributed by atoms with Crippen molar-refractivity contribution < 1.29 is 4.74 Å². The van der Waals surface area contributed by atoms with E-state index in [4.69, 9.17) is 10.5 Å². The van der Waals surface area contributed by atoms with Gasteiger partial charge < -0.3 is 10.5 Å². The average molecular weight is 251 g/mol. The van der Waals surface area contributed by atoms with Crippen molar-refractivity contribution in [1.82, 2.24) is 9.80 Å². The molecule has 4 heterocycles. The molecule has 102 valence electrons. The fourth-order valence-electron chi connectivity index (χ4n) is 4.92. The van der Waals surface area contributed by atoms with E-state index < -0.39 is 0 Å². The predicted octanol–water partition coefficient (Wildman–Crippen LogP) is 0.415. The van der Waals surface area contributed by atoms with Crippen molar-refractivity contribution in [2.45, 2.75) is 55.9 Å². The molecule has 0 aromatic heterocycles. The van der Waals surface area contributed by atoms with Crippen molar-refractivity contribution in [3.63, 3.8) is 0 Å². The first-order valence-electron chi connectivity index (χ1n) is 7.66. The first-order chi connectivity index (χ1) is 8.82. The molecule has 4 saturated heterocycles. The number of nitrogens with two attached hydrogens (primary N) is 1. The van der Waals surface area contributed by atoms with E-state index in [9.17, 15) is 0 Å². The van der Waals surface area contributed by atoms with Crippen LogP contribution in [0.2, 0.25) is 0 Å². The number of hydrogen-bond donors (Lipinski definition) is 1. The lowest BCUT2D eigenvalue weighted by Crippen LogP contribution is -2.64. The van der Waals surface area contributed by atoms with Gasteiger partial charge in [0.25, 0.3) is 0 Å². The molecular formula is C14H25N3O. The largest absolute Gasteiger partial charge is 0.372 e. The fraction of sp³-hybridized carbons (Fsp3) is 1.00. The van der Waals surface area contributed by atoms with Crippen molar-refractivity contribution in [2.24, 2.45) is 5.73 Å². The van der Waals surface area contributed by atoms with E-state index in [1.807, 2.05) is 0 Å². The lowest BCUT2D eigenvalue weighted by Gasteiger charge is -2.48. The fourth-order valence-corrected chi connectivity index (χ4v) is 4.92. The maximum atomic E-state index is 6.26. The molecule has 4 aliphatic rings. The number of hydrogen-bond acceptors (Lipinski definition) is 4. The number of ether oxygens (including phenoxy) is 1.